The lowest BCUT2D eigenvalue weighted by Gasteiger charge is -2.08. The van der Waals surface area contributed by atoms with E-state index in [0.29, 0.717) is 0 Å². The number of carbonyl (C=O) groups excluding carboxylic acids is 1. The molecule has 7 heteroatoms. The van der Waals surface area contributed by atoms with Gasteiger partial charge in [-0.15, -0.1) is 0 Å². The molecule has 0 fully saturated rings. The summed E-state index contributed by atoms with van der Waals surface area (Å²) in [6.07, 6.45) is 2.31. The number of rotatable bonds is 3. The second kappa shape index (κ2) is 5.43. The van der Waals surface area contributed by atoms with Gasteiger partial charge in [-0.05, 0) is 18.2 Å². The van der Waals surface area contributed by atoms with Gasteiger partial charge < -0.3 is 10.4 Å². The van der Waals surface area contributed by atoms with Gasteiger partial charge in [0, 0.05) is 6.20 Å². The Balaban J connectivity index is 2.36. The van der Waals surface area contributed by atoms with Gasteiger partial charge in [0.25, 0.3) is 5.91 Å². The van der Waals surface area contributed by atoms with Crippen molar-refractivity contribution in [2.75, 3.05) is 5.32 Å². The number of nitrogens with zero attached hydrogens (tertiary/aromatic N) is 1. The van der Waals surface area contributed by atoms with E-state index in [-0.39, 0.29) is 11.3 Å². The molecule has 2 N–H and O–H groups in total. The van der Waals surface area contributed by atoms with Crippen molar-refractivity contribution in [2.24, 2.45) is 0 Å². The number of halogens is 2. The van der Waals surface area contributed by atoms with E-state index in [1.165, 1.54) is 6.20 Å². The molecule has 102 valence electrons. The molecule has 1 amide bonds. The van der Waals surface area contributed by atoms with Crippen LogP contribution in [0.2, 0.25) is 0 Å². The summed E-state index contributed by atoms with van der Waals surface area (Å²) in [5, 5.41) is 11.1. The van der Waals surface area contributed by atoms with Crippen LogP contribution in [0.25, 0.3) is 0 Å². The van der Waals surface area contributed by atoms with Gasteiger partial charge in [-0.1, -0.05) is 6.07 Å². The molecular weight excluding hydrogens is 270 g/mol. The molecule has 0 atom stereocenters. The molecule has 0 saturated heterocycles. The van der Waals surface area contributed by atoms with Crippen LogP contribution in [0.15, 0.2) is 36.7 Å². The first kappa shape index (κ1) is 13.6. The fraction of sp³-hybridized carbons (Fsp3) is 0. The SMILES string of the molecule is O=C(O)c1ccncc1NC(=O)c1c(F)cccc1F. The van der Waals surface area contributed by atoms with Crippen LogP contribution >= 0.6 is 0 Å². The lowest BCUT2D eigenvalue weighted by molar-refractivity contribution is 0.0698. The van der Waals surface area contributed by atoms with E-state index in [4.69, 9.17) is 5.11 Å². The van der Waals surface area contributed by atoms with Crippen LogP contribution in [0.4, 0.5) is 14.5 Å². The van der Waals surface area contributed by atoms with Crippen molar-refractivity contribution in [1.82, 2.24) is 4.98 Å². The summed E-state index contributed by atoms with van der Waals surface area (Å²) in [6, 6.07) is 4.14. The number of amides is 1. The Morgan fingerprint density at radius 2 is 1.80 bits per heavy atom. The lowest BCUT2D eigenvalue weighted by Crippen LogP contribution is -2.18. The molecule has 2 aromatic rings. The minimum Gasteiger partial charge on any atom is -0.478 e. The summed E-state index contributed by atoms with van der Waals surface area (Å²) in [5.41, 5.74) is -1.16. The first-order chi connectivity index (χ1) is 9.50. The molecule has 0 aliphatic heterocycles. The number of hydrogen-bond donors (Lipinski definition) is 2. The quantitative estimate of drug-likeness (QED) is 0.903. The van der Waals surface area contributed by atoms with Gasteiger partial charge in [-0.3, -0.25) is 9.78 Å². The average Bonchev–Trinajstić information content (AvgIpc) is 2.38. The van der Waals surface area contributed by atoms with E-state index in [1.54, 1.807) is 0 Å². The van der Waals surface area contributed by atoms with Crippen LogP contribution in [0, 0.1) is 11.6 Å². The zero-order valence-corrected chi connectivity index (χ0v) is 9.93. The number of hydrogen-bond acceptors (Lipinski definition) is 3. The summed E-state index contributed by atoms with van der Waals surface area (Å²) in [5.74, 6) is -4.46. The fourth-order valence-corrected chi connectivity index (χ4v) is 1.58. The molecule has 0 aliphatic rings. The second-order valence-corrected chi connectivity index (χ2v) is 3.78. The highest BCUT2D eigenvalue weighted by atomic mass is 19.1. The van der Waals surface area contributed by atoms with Crippen molar-refractivity contribution in [3.8, 4) is 0 Å². The molecular formula is C13H8F2N2O3. The predicted octanol–water partition coefficient (Wildman–Crippen LogP) is 2.31. The minimum atomic E-state index is -1.29. The predicted molar refractivity (Wildman–Crippen MR) is 65.5 cm³/mol. The van der Waals surface area contributed by atoms with Gasteiger partial charge in [0.1, 0.15) is 17.2 Å². The number of nitrogens with one attached hydrogen (secondary N) is 1. The molecule has 0 radical (unpaired) electrons. The normalized spacial score (nSPS) is 10.1. The van der Waals surface area contributed by atoms with Crippen molar-refractivity contribution in [1.29, 1.82) is 0 Å². The van der Waals surface area contributed by atoms with Crippen LogP contribution in [0.1, 0.15) is 20.7 Å². The zero-order chi connectivity index (χ0) is 14.7. The highest BCUT2D eigenvalue weighted by Crippen LogP contribution is 2.17. The third-order valence-electron chi connectivity index (χ3n) is 2.49. The van der Waals surface area contributed by atoms with Gasteiger partial charge in [0.05, 0.1) is 17.4 Å². The Morgan fingerprint density at radius 3 is 2.40 bits per heavy atom. The van der Waals surface area contributed by atoms with E-state index < -0.39 is 29.1 Å². The van der Waals surface area contributed by atoms with Gasteiger partial charge in [0.2, 0.25) is 0 Å². The molecule has 0 spiro atoms. The Kier molecular flexibility index (Phi) is 3.69. The Morgan fingerprint density at radius 1 is 1.15 bits per heavy atom. The van der Waals surface area contributed by atoms with E-state index in [9.17, 15) is 18.4 Å². The van der Waals surface area contributed by atoms with Crippen molar-refractivity contribution >= 4 is 17.6 Å². The maximum Gasteiger partial charge on any atom is 0.337 e. The van der Waals surface area contributed by atoms with Gasteiger partial charge in [-0.2, -0.15) is 0 Å². The minimum absolute atomic E-state index is 0.146. The number of aromatic carboxylic acids is 1. The van der Waals surface area contributed by atoms with E-state index in [1.807, 2.05) is 0 Å². The molecule has 0 bridgehead atoms. The lowest BCUT2D eigenvalue weighted by atomic mass is 10.1. The second-order valence-electron chi connectivity index (χ2n) is 3.78. The summed E-state index contributed by atoms with van der Waals surface area (Å²) in [7, 11) is 0. The third kappa shape index (κ3) is 2.61. The first-order valence-electron chi connectivity index (χ1n) is 5.43. The number of benzene rings is 1. The van der Waals surface area contributed by atoms with Crippen molar-refractivity contribution in [3.63, 3.8) is 0 Å². The molecule has 20 heavy (non-hydrogen) atoms. The maximum absolute atomic E-state index is 13.4. The molecule has 1 heterocycles. The number of carboxylic acids is 1. The topological polar surface area (TPSA) is 79.3 Å². The monoisotopic (exact) mass is 278 g/mol. The van der Waals surface area contributed by atoms with Crippen LogP contribution in [0.5, 0.6) is 0 Å². The standard InChI is InChI=1S/C13H8F2N2O3/c14-8-2-1-3-9(15)11(8)12(18)17-10-6-16-5-4-7(10)13(19)20/h1-6H,(H,17,18)(H,19,20). The molecule has 0 aliphatic carbocycles. The summed E-state index contributed by atoms with van der Waals surface area (Å²) in [6.45, 7) is 0. The molecule has 5 nitrogen and oxygen atoms in total. The van der Waals surface area contributed by atoms with Crippen molar-refractivity contribution in [3.05, 3.63) is 59.4 Å². The van der Waals surface area contributed by atoms with Crippen LogP contribution < -0.4 is 5.32 Å². The summed E-state index contributed by atoms with van der Waals surface area (Å²) in [4.78, 5) is 26.4. The maximum atomic E-state index is 13.4. The zero-order valence-electron chi connectivity index (χ0n) is 9.93. The van der Waals surface area contributed by atoms with Crippen molar-refractivity contribution < 1.29 is 23.5 Å². The molecule has 1 aromatic carbocycles. The molecule has 0 unspecified atom stereocenters. The highest BCUT2D eigenvalue weighted by Gasteiger charge is 2.19. The van der Waals surface area contributed by atoms with E-state index in [2.05, 4.69) is 10.3 Å². The summed E-state index contributed by atoms with van der Waals surface area (Å²) < 4.78 is 26.9. The largest absolute Gasteiger partial charge is 0.478 e. The molecule has 1 aromatic heterocycles. The molecule has 0 saturated carbocycles. The van der Waals surface area contributed by atoms with E-state index in [0.717, 1.165) is 30.5 Å². The van der Waals surface area contributed by atoms with Crippen LogP contribution in [-0.4, -0.2) is 22.0 Å². The van der Waals surface area contributed by atoms with E-state index >= 15 is 0 Å². The number of pyridine rings is 1. The van der Waals surface area contributed by atoms with Gasteiger partial charge >= 0.3 is 5.97 Å². The fourth-order valence-electron chi connectivity index (χ4n) is 1.58. The smallest absolute Gasteiger partial charge is 0.337 e. The van der Waals surface area contributed by atoms with Crippen LogP contribution in [-0.2, 0) is 0 Å². The first-order valence-corrected chi connectivity index (χ1v) is 5.43. The average molecular weight is 278 g/mol. The Bertz CT molecular complexity index is 669. The highest BCUT2D eigenvalue weighted by molar-refractivity contribution is 6.07. The van der Waals surface area contributed by atoms with Gasteiger partial charge in [-0.25, -0.2) is 13.6 Å². The van der Waals surface area contributed by atoms with Crippen LogP contribution in [0.3, 0.4) is 0 Å². The molecule has 2 rings (SSSR count). The third-order valence-corrected chi connectivity index (χ3v) is 2.49. The Labute approximate surface area is 111 Å². The number of aromatic nitrogens is 1. The van der Waals surface area contributed by atoms with Crippen molar-refractivity contribution in [2.45, 2.75) is 0 Å². The Hall–Kier alpha value is -2.83. The van der Waals surface area contributed by atoms with Gasteiger partial charge in [0.15, 0.2) is 0 Å². The number of carboxylic acid groups (broad SMARTS) is 1. The number of anilines is 1. The summed E-state index contributed by atoms with van der Waals surface area (Å²) >= 11 is 0. The number of carbonyl (C=O) groups is 2.